The molecule has 2 aromatic rings. The van der Waals surface area contributed by atoms with E-state index < -0.39 is 0 Å². The van der Waals surface area contributed by atoms with Crippen LogP contribution in [0, 0.1) is 0 Å². The van der Waals surface area contributed by atoms with Gasteiger partial charge in [0.25, 0.3) is 5.91 Å². The van der Waals surface area contributed by atoms with Crippen LogP contribution in [-0.4, -0.2) is 43.1 Å². The van der Waals surface area contributed by atoms with Crippen LogP contribution in [0.15, 0.2) is 47.6 Å². The van der Waals surface area contributed by atoms with E-state index in [9.17, 15) is 9.59 Å². The standard InChI is InChI=1S/C23H27N3O4/c1-17(27)25-24-15-19-8-11-21(22(14-19)29-2)30-16-18-6-9-20(10-7-18)23(28)26-12-4-3-5-13-26/h6-11,14-15H,3-5,12-13,16H2,1-2H3,(H,25,27). The molecule has 7 nitrogen and oxygen atoms in total. The third-order valence-electron chi connectivity index (χ3n) is 4.86. The van der Waals surface area contributed by atoms with Crippen LogP contribution in [0.4, 0.5) is 0 Å². The summed E-state index contributed by atoms with van der Waals surface area (Å²) in [6.07, 6.45) is 4.90. The first-order valence-corrected chi connectivity index (χ1v) is 10.1. The summed E-state index contributed by atoms with van der Waals surface area (Å²) >= 11 is 0. The minimum absolute atomic E-state index is 0.0975. The number of amides is 2. The summed E-state index contributed by atoms with van der Waals surface area (Å²) in [7, 11) is 1.57. The first-order chi connectivity index (χ1) is 14.6. The second-order valence-corrected chi connectivity index (χ2v) is 7.17. The van der Waals surface area contributed by atoms with Gasteiger partial charge in [0.1, 0.15) is 6.61 Å². The molecule has 0 radical (unpaired) electrons. The summed E-state index contributed by atoms with van der Waals surface area (Å²) in [4.78, 5) is 25.4. The number of hydrogen-bond acceptors (Lipinski definition) is 5. The Kier molecular flexibility index (Phi) is 7.43. The molecule has 2 amide bonds. The van der Waals surface area contributed by atoms with Crippen LogP contribution in [0.1, 0.15) is 47.7 Å². The van der Waals surface area contributed by atoms with Crippen molar-refractivity contribution in [3.05, 3.63) is 59.2 Å². The average Bonchev–Trinajstić information content (AvgIpc) is 2.78. The van der Waals surface area contributed by atoms with Crippen LogP contribution in [0.3, 0.4) is 0 Å². The molecule has 1 N–H and O–H groups in total. The molecule has 3 rings (SSSR count). The predicted molar refractivity (Wildman–Crippen MR) is 115 cm³/mol. The van der Waals surface area contributed by atoms with Gasteiger partial charge in [0.2, 0.25) is 5.91 Å². The Morgan fingerprint density at radius 3 is 2.47 bits per heavy atom. The van der Waals surface area contributed by atoms with Crippen molar-refractivity contribution in [1.82, 2.24) is 10.3 Å². The van der Waals surface area contributed by atoms with E-state index >= 15 is 0 Å². The van der Waals surface area contributed by atoms with Gasteiger partial charge < -0.3 is 14.4 Å². The summed E-state index contributed by atoms with van der Waals surface area (Å²) in [5, 5.41) is 3.84. The third kappa shape index (κ3) is 5.83. The fourth-order valence-corrected chi connectivity index (χ4v) is 3.27. The third-order valence-corrected chi connectivity index (χ3v) is 4.86. The second kappa shape index (κ2) is 10.4. The lowest BCUT2D eigenvalue weighted by Gasteiger charge is -2.26. The van der Waals surface area contributed by atoms with Gasteiger partial charge in [0, 0.05) is 25.6 Å². The van der Waals surface area contributed by atoms with Crippen molar-refractivity contribution >= 4 is 18.0 Å². The first kappa shape index (κ1) is 21.4. The first-order valence-electron chi connectivity index (χ1n) is 10.1. The zero-order chi connectivity index (χ0) is 21.3. The van der Waals surface area contributed by atoms with Crippen molar-refractivity contribution < 1.29 is 19.1 Å². The van der Waals surface area contributed by atoms with Gasteiger partial charge in [0.15, 0.2) is 11.5 Å². The maximum absolute atomic E-state index is 12.6. The van der Waals surface area contributed by atoms with Gasteiger partial charge in [-0.25, -0.2) is 5.43 Å². The molecule has 1 heterocycles. The van der Waals surface area contributed by atoms with Crippen LogP contribution < -0.4 is 14.9 Å². The number of hydrogen-bond donors (Lipinski definition) is 1. The SMILES string of the molecule is COc1cc(C=NNC(C)=O)ccc1OCc1ccc(C(=O)N2CCCCC2)cc1. The molecular formula is C23H27N3O4. The highest BCUT2D eigenvalue weighted by molar-refractivity contribution is 5.94. The summed E-state index contributed by atoms with van der Waals surface area (Å²) in [6, 6.07) is 12.9. The van der Waals surface area contributed by atoms with E-state index in [1.807, 2.05) is 35.2 Å². The van der Waals surface area contributed by atoms with Crippen molar-refractivity contribution in [3.63, 3.8) is 0 Å². The number of hydrazone groups is 1. The number of carbonyl (C=O) groups excluding carboxylic acids is 2. The minimum atomic E-state index is -0.234. The molecule has 0 spiro atoms. The van der Waals surface area contributed by atoms with Crippen molar-refractivity contribution in [1.29, 1.82) is 0 Å². The lowest BCUT2D eigenvalue weighted by Crippen LogP contribution is -2.35. The van der Waals surface area contributed by atoms with Gasteiger partial charge in [-0.05, 0) is 60.7 Å². The number of piperidine rings is 1. The molecule has 0 unspecified atom stereocenters. The molecule has 1 fully saturated rings. The molecule has 0 atom stereocenters. The van der Waals surface area contributed by atoms with E-state index in [0.717, 1.165) is 37.1 Å². The number of carbonyl (C=O) groups is 2. The van der Waals surface area contributed by atoms with Crippen LogP contribution in [0.2, 0.25) is 0 Å². The van der Waals surface area contributed by atoms with Gasteiger partial charge in [-0.15, -0.1) is 0 Å². The molecule has 0 aliphatic carbocycles. The lowest BCUT2D eigenvalue weighted by atomic mass is 10.1. The van der Waals surface area contributed by atoms with Gasteiger partial charge in [0.05, 0.1) is 13.3 Å². The zero-order valence-corrected chi connectivity index (χ0v) is 17.4. The second-order valence-electron chi connectivity index (χ2n) is 7.17. The number of ether oxygens (including phenoxy) is 2. The van der Waals surface area contributed by atoms with Crippen molar-refractivity contribution in [2.24, 2.45) is 5.10 Å². The Morgan fingerprint density at radius 1 is 1.07 bits per heavy atom. The van der Waals surface area contributed by atoms with Crippen molar-refractivity contribution in [2.45, 2.75) is 32.8 Å². The van der Waals surface area contributed by atoms with E-state index in [0.29, 0.717) is 23.7 Å². The zero-order valence-electron chi connectivity index (χ0n) is 17.4. The molecule has 30 heavy (non-hydrogen) atoms. The van der Waals surface area contributed by atoms with Crippen LogP contribution in [-0.2, 0) is 11.4 Å². The topological polar surface area (TPSA) is 80.2 Å². The number of benzene rings is 2. The molecular weight excluding hydrogens is 382 g/mol. The highest BCUT2D eigenvalue weighted by Gasteiger charge is 2.17. The minimum Gasteiger partial charge on any atom is -0.493 e. The van der Waals surface area contributed by atoms with E-state index in [1.165, 1.54) is 19.6 Å². The van der Waals surface area contributed by atoms with E-state index in [2.05, 4.69) is 10.5 Å². The number of rotatable bonds is 7. The summed E-state index contributed by atoms with van der Waals surface area (Å²) < 4.78 is 11.3. The van der Waals surface area contributed by atoms with E-state index in [-0.39, 0.29) is 11.8 Å². The van der Waals surface area contributed by atoms with Crippen molar-refractivity contribution in [2.75, 3.05) is 20.2 Å². The Balaban J connectivity index is 1.60. The van der Waals surface area contributed by atoms with Crippen LogP contribution >= 0.6 is 0 Å². The molecule has 0 aromatic heterocycles. The lowest BCUT2D eigenvalue weighted by molar-refractivity contribution is -0.118. The van der Waals surface area contributed by atoms with Gasteiger partial charge in [-0.1, -0.05) is 12.1 Å². The fraction of sp³-hybridized carbons (Fsp3) is 0.348. The Hall–Kier alpha value is -3.35. The van der Waals surface area contributed by atoms with E-state index in [4.69, 9.17) is 9.47 Å². The maximum Gasteiger partial charge on any atom is 0.253 e. The summed E-state index contributed by atoms with van der Waals surface area (Å²) in [5.41, 5.74) is 4.80. The number of likely N-dealkylation sites (tertiary alicyclic amines) is 1. The summed E-state index contributed by atoms with van der Waals surface area (Å²) in [5.74, 6) is 1.03. The molecule has 1 saturated heterocycles. The largest absolute Gasteiger partial charge is 0.493 e. The quantitative estimate of drug-likeness (QED) is 0.562. The Morgan fingerprint density at radius 2 is 1.80 bits per heavy atom. The maximum atomic E-state index is 12.6. The Labute approximate surface area is 176 Å². The normalized spacial score (nSPS) is 13.9. The van der Waals surface area contributed by atoms with E-state index in [1.54, 1.807) is 19.2 Å². The highest BCUT2D eigenvalue weighted by atomic mass is 16.5. The molecule has 158 valence electrons. The summed E-state index contributed by atoms with van der Waals surface area (Å²) in [6.45, 7) is 3.43. The van der Waals surface area contributed by atoms with Crippen LogP contribution in [0.25, 0.3) is 0 Å². The number of nitrogens with one attached hydrogen (secondary N) is 1. The van der Waals surface area contributed by atoms with Crippen molar-refractivity contribution in [3.8, 4) is 11.5 Å². The number of methoxy groups -OCH3 is 1. The molecule has 0 saturated carbocycles. The monoisotopic (exact) mass is 409 g/mol. The highest BCUT2D eigenvalue weighted by Crippen LogP contribution is 2.28. The average molecular weight is 409 g/mol. The molecule has 1 aliphatic heterocycles. The van der Waals surface area contributed by atoms with Crippen LogP contribution in [0.5, 0.6) is 11.5 Å². The van der Waals surface area contributed by atoms with Gasteiger partial charge in [-0.3, -0.25) is 9.59 Å². The molecule has 0 bridgehead atoms. The van der Waals surface area contributed by atoms with Gasteiger partial charge in [-0.2, -0.15) is 5.10 Å². The molecule has 2 aromatic carbocycles. The fourth-order valence-electron chi connectivity index (χ4n) is 3.27. The smallest absolute Gasteiger partial charge is 0.253 e. The predicted octanol–water partition coefficient (Wildman–Crippen LogP) is 3.37. The number of nitrogens with zero attached hydrogens (tertiary/aromatic N) is 2. The molecule has 1 aliphatic rings. The van der Waals surface area contributed by atoms with Gasteiger partial charge >= 0.3 is 0 Å². The Bertz CT molecular complexity index is 903. The molecule has 7 heteroatoms.